The van der Waals surface area contributed by atoms with Gasteiger partial charge in [-0.3, -0.25) is 4.79 Å². The molecule has 1 heterocycles. The number of benzene rings is 1. The van der Waals surface area contributed by atoms with Gasteiger partial charge in [-0.2, -0.15) is 0 Å². The van der Waals surface area contributed by atoms with Crippen LogP contribution in [0.25, 0.3) is 0 Å². The molecule has 0 radical (unpaired) electrons. The first kappa shape index (κ1) is 22.8. The third-order valence-electron chi connectivity index (χ3n) is 5.00. The SMILES string of the molecule is CC(C)Cc1c(=O)[nH]c(Cc2cc(C(C)(C)C)c(O)c(C(C)(C)C)c2)c(O)[n+]1[O-]. The van der Waals surface area contributed by atoms with Crippen LogP contribution in [0.5, 0.6) is 11.6 Å². The van der Waals surface area contributed by atoms with Gasteiger partial charge in [0.25, 0.3) is 5.69 Å². The Morgan fingerprint density at radius 1 is 1.03 bits per heavy atom. The van der Waals surface area contributed by atoms with Gasteiger partial charge in [-0.25, -0.2) is 0 Å². The standard InChI is InChI=1S/C23H34N2O4/c1-13(2)9-18-20(27)24-17(21(28)25(18)29)12-14-10-15(22(3,4)5)19(26)16(11-14)23(6,7)8/h10-11,13,26,28H,9,12H2,1-8H3,(H,24,27). The van der Waals surface area contributed by atoms with Crippen LogP contribution in [0.3, 0.4) is 0 Å². The van der Waals surface area contributed by atoms with Crippen LogP contribution in [0.2, 0.25) is 0 Å². The smallest absolute Gasteiger partial charge is 0.397 e. The summed E-state index contributed by atoms with van der Waals surface area (Å²) in [4.78, 5) is 15.1. The summed E-state index contributed by atoms with van der Waals surface area (Å²) in [5.74, 6) is -0.108. The van der Waals surface area contributed by atoms with Crippen LogP contribution in [0.1, 0.15) is 83.5 Å². The Morgan fingerprint density at radius 2 is 1.52 bits per heavy atom. The molecular weight excluding hydrogens is 368 g/mol. The summed E-state index contributed by atoms with van der Waals surface area (Å²) >= 11 is 0. The Hall–Kier alpha value is -2.50. The number of nitrogens with one attached hydrogen (secondary N) is 1. The van der Waals surface area contributed by atoms with Crippen molar-refractivity contribution < 1.29 is 14.9 Å². The van der Waals surface area contributed by atoms with Crippen molar-refractivity contribution in [1.82, 2.24) is 4.98 Å². The van der Waals surface area contributed by atoms with Crippen molar-refractivity contribution in [2.24, 2.45) is 5.92 Å². The predicted molar refractivity (Wildman–Crippen MR) is 115 cm³/mol. The molecule has 1 aromatic heterocycles. The number of hydrogen-bond acceptors (Lipinski definition) is 4. The molecule has 0 atom stereocenters. The van der Waals surface area contributed by atoms with Crippen LogP contribution in [-0.4, -0.2) is 15.2 Å². The molecule has 6 nitrogen and oxygen atoms in total. The summed E-state index contributed by atoms with van der Waals surface area (Å²) < 4.78 is 0.337. The van der Waals surface area contributed by atoms with E-state index >= 15 is 0 Å². The van der Waals surface area contributed by atoms with Crippen LogP contribution < -0.4 is 10.3 Å². The third kappa shape index (κ3) is 4.92. The fourth-order valence-electron chi connectivity index (χ4n) is 3.44. The molecule has 2 rings (SSSR count). The van der Waals surface area contributed by atoms with Crippen molar-refractivity contribution in [2.45, 2.75) is 79.1 Å². The Kier molecular flexibility index (Phi) is 6.07. The maximum atomic E-state index is 12.4. The second-order valence-corrected chi connectivity index (χ2v) is 10.3. The van der Waals surface area contributed by atoms with Crippen molar-refractivity contribution >= 4 is 0 Å². The van der Waals surface area contributed by atoms with Crippen LogP contribution in [0, 0.1) is 11.1 Å². The minimum Gasteiger partial charge on any atom is -0.616 e. The molecule has 0 aliphatic carbocycles. The Labute approximate surface area is 172 Å². The highest BCUT2D eigenvalue weighted by molar-refractivity contribution is 5.50. The number of aromatic amines is 1. The van der Waals surface area contributed by atoms with Crippen molar-refractivity contribution in [1.29, 1.82) is 0 Å². The molecule has 0 aliphatic heterocycles. The molecular formula is C23H34N2O4. The third-order valence-corrected chi connectivity index (χ3v) is 5.00. The zero-order valence-electron chi connectivity index (χ0n) is 18.8. The van der Waals surface area contributed by atoms with Crippen LogP contribution in [0.15, 0.2) is 16.9 Å². The average molecular weight is 403 g/mol. The number of phenolic OH excluding ortho intramolecular Hbond substituents is 1. The van der Waals surface area contributed by atoms with Gasteiger partial charge in [0.1, 0.15) is 11.4 Å². The zero-order valence-corrected chi connectivity index (χ0v) is 18.8. The lowest BCUT2D eigenvalue weighted by Gasteiger charge is -2.28. The van der Waals surface area contributed by atoms with E-state index in [0.717, 1.165) is 16.7 Å². The second-order valence-electron chi connectivity index (χ2n) is 10.3. The lowest BCUT2D eigenvalue weighted by molar-refractivity contribution is -0.624. The molecule has 0 saturated heterocycles. The Morgan fingerprint density at radius 3 is 1.93 bits per heavy atom. The maximum Gasteiger partial charge on any atom is 0.397 e. The molecule has 0 unspecified atom stereocenters. The molecule has 2 aromatic rings. The summed E-state index contributed by atoms with van der Waals surface area (Å²) in [5, 5.41) is 33.7. The molecule has 29 heavy (non-hydrogen) atoms. The number of aromatic nitrogens is 2. The first-order valence-corrected chi connectivity index (χ1v) is 10.1. The quantitative estimate of drug-likeness (QED) is 0.535. The number of rotatable bonds is 4. The highest BCUT2D eigenvalue weighted by Gasteiger charge is 2.28. The Bertz CT molecular complexity index is 926. The first-order valence-electron chi connectivity index (χ1n) is 10.1. The van der Waals surface area contributed by atoms with Gasteiger partial charge in [0, 0.05) is 12.8 Å². The summed E-state index contributed by atoms with van der Waals surface area (Å²) in [6, 6.07) is 3.75. The number of aromatic hydroxyl groups is 2. The van der Waals surface area contributed by atoms with Gasteiger partial charge >= 0.3 is 11.4 Å². The molecule has 0 spiro atoms. The minimum absolute atomic E-state index is 0.0118. The molecule has 0 fully saturated rings. The van der Waals surface area contributed by atoms with E-state index in [0.29, 0.717) is 4.73 Å². The topological polar surface area (TPSA) is 100 Å². The zero-order chi connectivity index (χ0) is 22.3. The number of nitrogens with zero attached hydrogens (tertiary/aromatic N) is 1. The fraction of sp³-hybridized carbons (Fsp3) is 0.565. The molecule has 0 aliphatic rings. The van der Waals surface area contributed by atoms with E-state index in [9.17, 15) is 20.2 Å². The van der Waals surface area contributed by atoms with Crippen molar-refractivity contribution in [3.63, 3.8) is 0 Å². The van der Waals surface area contributed by atoms with E-state index in [4.69, 9.17) is 0 Å². The van der Waals surface area contributed by atoms with Gasteiger partial charge in [0.2, 0.25) is 0 Å². The highest BCUT2D eigenvalue weighted by Crippen LogP contribution is 2.40. The van der Waals surface area contributed by atoms with Crippen molar-refractivity contribution in [3.8, 4) is 11.6 Å². The number of phenols is 1. The van der Waals surface area contributed by atoms with E-state index < -0.39 is 11.4 Å². The van der Waals surface area contributed by atoms with Crippen molar-refractivity contribution in [2.75, 3.05) is 0 Å². The van der Waals surface area contributed by atoms with Gasteiger partial charge in [-0.05, 0) is 33.4 Å². The van der Waals surface area contributed by atoms with Gasteiger partial charge in [0.15, 0.2) is 0 Å². The number of H-pyrrole nitrogens is 1. The predicted octanol–water partition coefficient (Wildman–Crippen LogP) is 3.80. The van der Waals surface area contributed by atoms with Gasteiger partial charge in [0.05, 0.1) is 0 Å². The maximum absolute atomic E-state index is 12.4. The van der Waals surface area contributed by atoms with Crippen molar-refractivity contribution in [3.05, 3.63) is 55.8 Å². The van der Waals surface area contributed by atoms with Gasteiger partial charge < -0.3 is 20.4 Å². The van der Waals surface area contributed by atoms with Crippen LogP contribution >= 0.6 is 0 Å². The lowest BCUT2D eigenvalue weighted by atomic mass is 9.78. The largest absolute Gasteiger partial charge is 0.616 e. The monoisotopic (exact) mass is 402 g/mol. The van der Waals surface area contributed by atoms with E-state index in [1.807, 2.05) is 67.5 Å². The first-order chi connectivity index (χ1) is 13.1. The van der Waals surface area contributed by atoms with E-state index in [-0.39, 0.29) is 46.7 Å². The molecule has 0 bridgehead atoms. The molecule has 1 aromatic carbocycles. The molecule has 6 heteroatoms. The molecule has 0 amide bonds. The molecule has 0 saturated carbocycles. The average Bonchev–Trinajstić information content (AvgIpc) is 2.55. The number of hydrogen-bond donors (Lipinski definition) is 3. The second kappa shape index (κ2) is 7.73. The van der Waals surface area contributed by atoms with E-state index in [1.54, 1.807) is 0 Å². The summed E-state index contributed by atoms with van der Waals surface area (Å²) in [6.07, 6.45) is 0.464. The summed E-state index contributed by atoms with van der Waals surface area (Å²) in [6.45, 7) is 15.9. The molecule has 160 valence electrons. The lowest BCUT2D eigenvalue weighted by Crippen LogP contribution is -2.41. The van der Waals surface area contributed by atoms with Gasteiger partial charge in [-0.1, -0.05) is 67.5 Å². The van der Waals surface area contributed by atoms with Crippen LogP contribution in [-0.2, 0) is 23.7 Å². The summed E-state index contributed by atoms with van der Waals surface area (Å²) in [7, 11) is 0. The van der Waals surface area contributed by atoms with Crippen LogP contribution in [0.4, 0.5) is 0 Å². The van der Waals surface area contributed by atoms with Gasteiger partial charge in [-0.15, -0.1) is 4.73 Å². The Balaban J connectivity index is 2.62. The van der Waals surface area contributed by atoms with E-state index in [1.165, 1.54) is 0 Å². The van der Waals surface area contributed by atoms with E-state index in [2.05, 4.69) is 4.98 Å². The molecule has 3 N–H and O–H groups in total. The fourth-order valence-corrected chi connectivity index (χ4v) is 3.44. The normalized spacial score (nSPS) is 12.6. The minimum atomic E-state index is -0.483. The highest BCUT2D eigenvalue weighted by atomic mass is 16.5. The summed E-state index contributed by atoms with van der Waals surface area (Å²) in [5.41, 5.74) is 1.49.